The molecule has 0 aliphatic carbocycles. The van der Waals surface area contributed by atoms with E-state index in [1.165, 1.54) is 0 Å². The maximum Gasteiger partial charge on any atom is 0.141 e. The molecule has 13 heavy (non-hydrogen) atoms. The molecule has 0 radical (unpaired) electrons. The number of thiophene rings is 1. The molecular formula is C11H8OS. The molecule has 1 nitrogen and oxygen atoms in total. The lowest BCUT2D eigenvalue weighted by atomic mass is 10.1. The van der Waals surface area contributed by atoms with Gasteiger partial charge in [-0.25, -0.2) is 0 Å². The lowest BCUT2D eigenvalue weighted by molar-refractivity contribution is 0.240. The second kappa shape index (κ2) is 3.21. The van der Waals surface area contributed by atoms with Gasteiger partial charge >= 0.3 is 0 Å². The highest BCUT2D eigenvalue weighted by Crippen LogP contribution is 2.29. The summed E-state index contributed by atoms with van der Waals surface area (Å²) in [5, 5.41) is 12.5. The normalized spacial score (nSPS) is 12.6. The van der Waals surface area contributed by atoms with E-state index in [2.05, 4.69) is 5.92 Å². The fourth-order valence-electron chi connectivity index (χ4n) is 1.30. The molecule has 2 rings (SSSR count). The van der Waals surface area contributed by atoms with Crippen molar-refractivity contribution >= 4 is 21.4 Å². The first-order valence-corrected chi connectivity index (χ1v) is 4.81. The van der Waals surface area contributed by atoms with Crippen molar-refractivity contribution in [2.75, 3.05) is 0 Å². The van der Waals surface area contributed by atoms with E-state index in [-0.39, 0.29) is 0 Å². The molecule has 1 N–H and O–H groups in total. The van der Waals surface area contributed by atoms with Crippen LogP contribution in [-0.2, 0) is 0 Å². The third-order valence-corrected chi connectivity index (χ3v) is 2.95. The minimum absolute atomic E-state index is 0.781. The standard InChI is InChI=1S/C11H8OS/c1-2-10(12)9-7-13-11-6-4-3-5-8(9)11/h1,3-7,10,12H. The van der Waals surface area contributed by atoms with Crippen LogP contribution in [0, 0.1) is 12.3 Å². The van der Waals surface area contributed by atoms with Crippen LogP contribution in [0.2, 0.25) is 0 Å². The number of aliphatic hydroxyl groups excluding tert-OH is 1. The predicted octanol–water partition coefficient (Wildman–Crippen LogP) is 2.57. The average Bonchev–Trinajstić information content (AvgIpc) is 2.60. The lowest BCUT2D eigenvalue weighted by Gasteiger charge is -1.99. The lowest BCUT2D eigenvalue weighted by Crippen LogP contribution is -1.90. The van der Waals surface area contributed by atoms with Gasteiger partial charge in [0.05, 0.1) is 0 Å². The highest BCUT2D eigenvalue weighted by Gasteiger charge is 2.09. The van der Waals surface area contributed by atoms with Gasteiger partial charge in [0.1, 0.15) is 6.10 Å². The Morgan fingerprint density at radius 1 is 1.38 bits per heavy atom. The van der Waals surface area contributed by atoms with Gasteiger partial charge in [-0.2, -0.15) is 0 Å². The van der Waals surface area contributed by atoms with E-state index in [1.54, 1.807) is 11.3 Å². The third kappa shape index (κ3) is 1.33. The largest absolute Gasteiger partial charge is 0.376 e. The SMILES string of the molecule is C#CC(O)c1csc2ccccc12. The monoisotopic (exact) mass is 188 g/mol. The quantitative estimate of drug-likeness (QED) is 0.682. The summed E-state index contributed by atoms with van der Waals surface area (Å²) >= 11 is 1.60. The van der Waals surface area contributed by atoms with Crippen LogP contribution in [-0.4, -0.2) is 5.11 Å². The van der Waals surface area contributed by atoms with Crippen LogP contribution >= 0.6 is 11.3 Å². The molecule has 2 aromatic rings. The number of rotatable bonds is 1. The van der Waals surface area contributed by atoms with Gasteiger partial charge < -0.3 is 5.11 Å². The number of aliphatic hydroxyl groups is 1. The van der Waals surface area contributed by atoms with Crippen LogP contribution in [0.4, 0.5) is 0 Å². The second-order valence-corrected chi connectivity index (χ2v) is 3.67. The van der Waals surface area contributed by atoms with Gasteiger partial charge in [0, 0.05) is 10.3 Å². The van der Waals surface area contributed by atoms with Gasteiger partial charge in [0.15, 0.2) is 0 Å². The molecule has 0 saturated carbocycles. The fourth-order valence-corrected chi connectivity index (χ4v) is 2.28. The maximum absolute atomic E-state index is 9.49. The molecule has 0 amide bonds. The van der Waals surface area contributed by atoms with Crippen molar-refractivity contribution in [1.29, 1.82) is 0 Å². The van der Waals surface area contributed by atoms with Gasteiger partial charge in [0.2, 0.25) is 0 Å². The Morgan fingerprint density at radius 3 is 2.92 bits per heavy atom. The topological polar surface area (TPSA) is 20.2 Å². The number of benzene rings is 1. The summed E-state index contributed by atoms with van der Waals surface area (Å²) in [4.78, 5) is 0. The average molecular weight is 188 g/mol. The molecule has 0 saturated heterocycles. The van der Waals surface area contributed by atoms with E-state index in [0.29, 0.717) is 0 Å². The molecule has 0 aliphatic rings. The van der Waals surface area contributed by atoms with Crippen molar-refractivity contribution in [1.82, 2.24) is 0 Å². The van der Waals surface area contributed by atoms with E-state index in [9.17, 15) is 5.11 Å². The van der Waals surface area contributed by atoms with Crippen LogP contribution in [0.5, 0.6) is 0 Å². The zero-order valence-electron chi connectivity index (χ0n) is 6.90. The zero-order chi connectivity index (χ0) is 9.26. The van der Waals surface area contributed by atoms with Crippen LogP contribution < -0.4 is 0 Å². The van der Waals surface area contributed by atoms with Crippen molar-refractivity contribution < 1.29 is 5.11 Å². The predicted molar refractivity (Wildman–Crippen MR) is 55.6 cm³/mol. The fraction of sp³-hybridized carbons (Fsp3) is 0.0909. The molecular weight excluding hydrogens is 180 g/mol. The minimum atomic E-state index is -0.781. The first-order chi connectivity index (χ1) is 6.33. The second-order valence-electron chi connectivity index (χ2n) is 2.76. The summed E-state index contributed by atoms with van der Waals surface area (Å²) in [7, 11) is 0. The van der Waals surface area contributed by atoms with Crippen LogP contribution in [0.1, 0.15) is 11.7 Å². The molecule has 1 atom stereocenters. The molecule has 64 valence electrons. The molecule has 0 spiro atoms. The van der Waals surface area contributed by atoms with E-state index in [1.807, 2.05) is 29.6 Å². The van der Waals surface area contributed by atoms with Crippen LogP contribution in [0.3, 0.4) is 0 Å². The van der Waals surface area contributed by atoms with E-state index in [4.69, 9.17) is 6.42 Å². The smallest absolute Gasteiger partial charge is 0.141 e. The minimum Gasteiger partial charge on any atom is -0.376 e. The van der Waals surface area contributed by atoms with Crippen molar-refractivity contribution in [3.05, 3.63) is 35.2 Å². The van der Waals surface area contributed by atoms with Gasteiger partial charge in [-0.3, -0.25) is 0 Å². The number of fused-ring (bicyclic) bond motifs is 1. The van der Waals surface area contributed by atoms with Gasteiger partial charge in [0.25, 0.3) is 0 Å². The first kappa shape index (κ1) is 8.31. The summed E-state index contributed by atoms with van der Waals surface area (Å²) in [6.07, 6.45) is 4.38. The highest BCUT2D eigenvalue weighted by atomic mass is 32.1. The molecule has 1 heterocycles. The molecule has 0 bridgehead atoms. The summed E-state index contributed by atoms with van der Waals surface area (Å²) in [6.45, 7) is 0. The van der Waals surface area contributed by atoms with Crippen molar-refractivity contribution in [3.8, 4) is 12.3 Å². The Kier molecular flexibility index (Phi) is 2.05. The van der Waals surface area contributed by atoms with Gasteiger partial charge in [-0.1, -0.05) is 24.1 Å². The Balaban J connectivity index is 2.66. The summed E-state index contributed by atoms with van der Waals surface area (Å²) in [5.41, 5.74) is 0.836. The Morgan fingerprint density at radius 2 is 2.15 bits per heavy atom. The van der Waals surface area contributed by atoms with Crippen molar-refractivity contribution in [2.45, 2.75) is 6.10 Å². The Hall–Kier alpha value is -1.30. The molecule has 0 aliphatic heterocycles. The highest BCUT2D eigenvalue weighted by molar-refractivity contribution is 7.17. The van der Waals surface area contributed by atoms with Gasteiger partial charge in [-0.15, -0.1) is 17.8 Å². The number of terminal acetylenes is 1. The van der Waals surface area contributed by atoms with Crippen molar-refractivity contribution in [2.24, 2.45) is 0 Å². The van der Waals surface area contributed by atoms with E-state index in [0.717, 1.165) is 15.6 Å². The van der Waals surface area contributed by atoms with E-state index >= 15 is 0 Å². The zero-order valence-corrected chi connectivity index (χ0v) is 7.71. The van der Waals surface area contributed by atoms with Gasteiger partial charge in [-0.05, 0) is 16.8 Å². The third-order valence-electron chi connectivity index (χ3n) is 1.96. The Bertz CT molecular complexity index is 464. The van der Waals surface area contributed by atoms with Crippen molar-refractivity contribution in [3.63, 3.8) is 0 Å². The molecule has 2 heteroatoms. The summed E-state index contributed by atoms with van der Waals surface area (Å²) in [6, 6.07) is 7.92. The molecule has 1 unspecified atom stereocenters. The maximum atomic E-state index is 9.49. The number of hydrogen-bond acceptors (Lipinski definition) is 2. The summed E-state index contributed by atoms with van der Waals surface area (Å²) < 4.78 is 1.16. The molecule has 1 aromatic heterocycles. The molecule has 0 fully saturated rings. The number of hydrogen-bond donors (Lipinski definition) is 1. The summed E-state index contributed by atoms with van der Waals surface area (Å²) in [5.74, 6) is 2.32. The van der Waals surface area contributed by atoms with Crippen LogP contribution in [0.25, 0.3) is 10.1 Å². The van der Waals surface area contributed by atoms with Crippen LogP contribution in [0.15, 0.2) is 29.6 Å². The first-order valence-electron chi connectivity index (χ1n) is 3.93. The Labute approximate surface area is 80.6 Å². The molecule has 1 aromatic carbocycles. The van der Waals surface area contributed by atoms with E-state index < -0.39 is 6.10 Å².